The number of anilines is 1. The van der Waals surface area contributed by atoms with Crippen molar-refractivity contribution in [3.63, 3.8) is 0 Å². The summed E-state index contributed by atoms with van der Waals surface area (Å²) in [5.74, 6) is 0.101. The number of carboxylic acids is 1. The third kappa shape index (κ3) is 3.53. The molecule has 0 saturated heterocycles. The second kappa shape index (κ2) is 8.00. The molecular formula is C23H18ClN3O3. The van der Waals surface area contributed by atoms with E-state index in [4.69, 9.17) is 16.3 Å². The second-order valence-corrected chi connectivity index (χ2v) is 7.04. The van der Waals surface area contributed by atoms with Crippen molar-refractivity contribution in [3.8, 4) is 28.0 Å². The fourth-order valence-electron chi connectivity index (χ4n) is 3.42. The number of nitrogens with one attached hydrogen (secondary N) is 1. The highest BCUT2D eigenvalue weighted by Gasteiger charge is 2.18. The van der Waals surface area contributed by atoms with Crippen molar-refractivity contribution >= 4 is 34.4 Å². The first-order valence-corrected chi connectivity index (χ1v) is 9.54. The monoisotopic (exact) mass is 419 g/mol. The number of aromatic carboxylic acids is 1. The van der Waals surface area contributed by atoms with Crippen LogP contribution in [0.1, 0.15) is 10.4 Å². The molecule has 4 aromatic rings. The van der Waals surface area contributed by atoms with Gasteiger partial charge in [0.25, 0.3) is 0 Å². The number of halogens is 1. The Morgan fingerprint density at radius 3 is 2.50 bits per heavy atom. The molecule has 1 heterocycles. The summed E-state index contributed by atoms with van der Waals surface area (Å²) in [5, 5.41) is 13.6. The van der Waals surface area contributed by atoms with Gasteiger partial charge in [-0.25, -0.2) is 14.8 Å². The molecule has 0 aliphatic carbocycles. The van der Waals surface area contributed by atoms with Crippen molar-refractivity contribution in [2.75, 3.05) is 19.5 Å². The lowest BCUT2D eigenvalue weighted by Gasteiger charge is -2.17. The molecule has 0 fully saturated rings. The van der Waals surface area contributed by atoms with E-state index in [0.29, 0.717) is 22.2 Å². The van der Waals surface area contributed by atoms with E-state index in [1.165, 1.54) is 0 Å². The van der Waals surface area contributed by atoms with Crippen LogP contribution >= 0.6 is 11.6 Å². The van der Waals surface area contributed by atoms with Crippen molar-refractivity contribution in [1.29, 1.82) is 0 Å². The lowest BCUT2D eigenvalue weighted by Crippen LogP contribution is -2.00. The molecule has 0 unspecified atom stereocenters. The highest BCUT2D eigenvalue weighted by atomic mass is 35.5. The van der Waals surface area contributed by atoms with Crippen LogP contribution in [0.25, 0.3) is 33.2 Å². The predicted octanol–water partition coefficient (Wildman–Crippen LogP) is 5.37. The molecule has 150 valence electrons. The van der Waals surface area contributed by atoms with Crippen molar-refractivity contribution < 1.29 is 14.6 Å². The molecule has 0 atom stereocenters. The van der Waals surface area contributed by atoms with Crippen molar-refractivity contribution in [2.24, 2.45) is 0 Å². The van der Waals surface area contributed by atoms with Gasteiger partial charge in [0, 0.05) is 29.2 Å². The summed E-state index contributed by atoms with van der Waals surface area (Å²) in [6.45, 7) is 0. The molecule has 0 aliphatic heterocycles. The number of carbonyl (C=O) groups is 1. The minimum atomic E-state index is -0.972. The number of methoxy groups -OCH3 is 1. The maximum atomic E-state index is 11.3. The molecular weight excluding hydrogens is 402 g/mol. The molecule has 30 heavy (non-hydrogen) atoms. The van der Waals surface area contributed by atoms with E-state index in [1.54, 1.807) is 44.6 Å². The molecule has 7 heteroatoms. The minimum Gasteiger partial charge on any atom is -0.494 e. The van der Waals surface area contributed by atoms with E-state index < -0.39 is 5.97 Å². The fourth-order valence-corrected chi connectivity index (χ4v) is 3.61. The lowest BCUT2D eigenvalue weighted by molar-refractivity contribution is 0.0697. The summed E-state index contributed by atoms with van der Waals surface area (Å²) in [6.07, 6.45) is 1.75. The van der Waals surface area contributed by atoms with E-state index in [-0.39, 0.29) is 5.56 Å². The van der Waals surface area contributed by atoms with Crippen LogP contribution in [0.2, 0.25) is 5.02 Å². The van der Waals surface area contributed by atoms with Crippen LogP contribution < -0.4 is 10.1 Å². The molecule has 0 saturated carbocycles. The van der Waals surface area contributed by atoms with Crippen LogP contribution in [0.4, 0.5) is 5.95 Å². The molecule has 0 bridgehead atoms. The quantitative estimate of drug-likeness (QED) is 0.452. The Bertz CT molecular complexity index is 1260. The normalized spacial score (nSPS) is 10.8. The van der Waals surface area contributed by atoms with Gasteiger partial charge in [-0.1, -0.05) is 35.9 Å². The Hall–Kier alpha value is -3.64. The highest BCUT2D eigenvalue weighted by molar-refractivity contribution is 6.31. The summed E-state index contributed by atoms with van der Waals surface area (Å²) < 4.78 is 5.63. The number of nitrogens with zero attached hydrogens (tertiary/aromatic N) is 2. The first-order chi connectivity index (χ1) is 14.5. The zero-order chi connectivity index (χ0) is 21.3. The zero-order valence-corrected chi connectivity index (χ0v) is 17.1. The first kappa shape index (κ1) is 19.7. The SMILES string of the molecule is CNc1ncc2c(-c3cccc(Cl)c3)c(-c3ccc(C(=O)O)cc3)cc(OC)c2n1. The van der Waals surface area contributed by atoms with Crippen LogP contribution in [0, 0.1) is 0 Å². The summed E-state index contributed by atoms with van der Waals surface area (Å²) in [5.41, 5.74) is 4.37. The summed E-state index contributed by atoms with van der Waals surface area (Å²) >= 11 is 6.27. The summed E-state index contributed by atoms with van der Waals surface area (Å²) in [7, 11) is 3.34. The molecule has 3 aromatic carbocycles. The summed E-state index contributed by atoms with van der Waals surface area (Å²) in [4.78, 5) is 20.2. The van der Waals surface area contributed by atoms with Gasteiger partial charge in [-0.3, -0.25) is 0 Å². The number of rotatable bonds is 5. The van der Waals surface area contributed by atoms with Crippen LogP contribution in [-0.4, -0.2) is 35.2 Å². The number of fused-ring (bicyclic) bond motifs is 1. The number of carboxylic acid groups (broad SMARTS) is 1. The zero-order valence-electron chi connectivity index (χ0n) is 16.3. The fraction of sp³-hybridized carbons (Fsp3) is 0.0870. The Morgan fingerprint density at radius 2 is 1.87 bits per heavy atom. The van der Waals surface area contributed by atoms with Gasteiger partial charge in [0.05, 0.1) is 12.7 Å². The number of hydrogen-bond acceptors (Lipinski definition) is 5. The smallest absolute Gasteiger partial charge is 0.335 e. The average molecular weight is 420 g/mol. The van der Waals surface area contributed by atoms with Gasteiger partial charge in [0.15, 0.2) is 0 Å². The Morgan fingerprint density at radius 1 is 1.10 bits per heavy atom. The van der Waals surface area contributed by atoms with Gasteiger partial charge in [-0.15, -0.1) is 0 Å². The molecule has 0 spiro atoms. The van der Waals surface area contributed by atoms with Crippen LogP contribution in [0.15, 0.2) is 60.8 Å². The van der Waals surface area contributed by atoms with Gasteiger partial charge in [0.2, 0.25) is 5.95 Å². The number of benzene rings is 3. The van der Waals surface area contributed by atoms with Gasteiger partial charge >= 0.3 is 5.97 Å². The molecule has 0 aliphatic rings. The lowest BCUT2D eigenvalue weighted by atomic mass is 9.91. The Kier molecular flexibility index (Phi) is 5.25. The highest BCUT2D eigenvalue weighted by Crippen LogP contribution is 2.42. The van der Waals surface area contributed by atoms with Crippen molar-refractivity contribution in [1.82, 2.24) is 9.97 Å². The largest absolute Gasteiger partial charge is 0.494 e. The minimum absolute atomic E-state index is 0.220. The standard InChI is InChI=1S/C23H18ClN3O3/c1-25-23-26-12-18-20(15-4-3-5-16(24)10-15)17(11-19(30-2)21(18)27-23)13-6-8-14(9-7-13)22(28)29/h3-12H,1-2H3,(H,28,29)(H,25,26,27). The predicted molar refractivity (Wildman–Crippen MR) is 118 cm³/mol. The van der Waals surface area contributed by atoms with Crippen molar-refractivity contribution in [3.05, 3.63) is 71.4 Å². The van der Waals surface area contributed by atoms with Gasteiger partial charge in [-0.05, 0) is 47.0 Å². The second-order valence-electron chi connectivity index (χ2n) is 6.60. The number of hydrogen-bond donors (Lipinski definition) is 2. The van der Waals surface area contributed by atoms with E-state index in [9.17, 15) is 9.90 Å². The first-order valence-electron chi connectivity index (χ1n) is 9.17. The Balaban J connectivity index is 2.07. The van der Waals surface area contributed by atoms with Gasteiger partial charge in [0.1, 0.15) is 11.3 Å². The van der Waals surface area contributed by atoms with E-state index in [2.05, 4.69) is 15.3 Å². The van der Waals surface area contributed by atoms with Gasteiger partial charge < -0.3 is 15.2 Å². The van der Waals surface area contributed by atoms with Crippen LogP contribution in [0.5, 0.6) is 5.75 Å². The summed E-state index contributed by atoms with van der Waals surface area (Å²) in [6, 6.07) is 16.2. The third-order valence-corrected chi connectivity index (χ3v) is 5.07. The van der Waals surface area contributed by atoms with Crippen LogP contribution in [-0.2, 0) is 0 Å². The molecule has 0 radical (unpaired) electrons. The molecule has 0 amide bonds. The maximum absolute atomic E-state index is 11.3. The van der Waals surface area contributed by atoms with Crippen molar-refractivity contribution in [2.45, 2.75) is 0 Å². The molecule has 6 nitrogen and oxygen atoms in total. The average Bonchev–Trinajstić information content (AvgIpc) is 2.77. The third-order valence-electron chi connectivity index (χ3n) is 4.84. The van der Waals surface area contributed by atoms with E-state index >= 15 is 0 Å². The molecule has 4 rings (SSSR count). The Labute approximate surface area is 178 Å². The van der Waals surface area contributed by atoms with E-state index in [1.807, 2.05) is 30.3 Å². The molecule has 1 aromatic heterocycles. The van der Waals surface area contributed by atoms with Crippen LogP contribution in [0.3, 0.4) is 0 Å². The van der Waals surface area contributed by atoms with E-state index in [0.717, 1.165) is 27.6 Å². The molecule has 2 N–H and O–H groups in total. The number of aromatic nitrogens is 2. The topological polar surface area (TPSA) is 84.3 Å². The number of ether oxygens (including phenoxy) is 1. The van der Waals surface area contributed by atoms with Gasteiger partial charge in [-0.2, -0.15) is 0 Å². The maximum Gasteiger partial charge on any atom is 0.335 e.